The fourth-order valence-electron chi connectivity index (χ4n) is 2.70. The topological polar surface area (TPSA) is 101 Å². The number of aliphatic carboxylic acids is 2. The molecule has 0 heterocycles. The number of hydrogen-bond donors (Lipinski definition) is 3. The Kier molecular flexibility index (Phi) is 3.77. The van der Waals surface area contributed by atoms with Crippen molar-refractivity contribution in [3.8, 4) is 0 Å². The van der Waals surface area contributed by atoms with E-state index in [1.165, 1.54) is 0 Å². The van der Waals surface area contributed by atoms with Crippen LogP contribution in [0.25, 0.3) is 0 Å². The van der Waals surface area contributed by atoms with E-state index < -0.39 is 23.4 Å². The first-order valence-corrected chi connectivity index (χ1v) is 4.22. The molecule has 0 saturated heterocycles. The van der Waals surface area contributed by atoms with Crippen LogP contribution >= 0.6 is 12.4 Å². The summed E-state index contributed by atoms with van der Waals surface area (Å²) in [5, 5.41) is 17.6. The minimum atomic E-state index is -1.28. The van der Waals surface area contributed by atoms with E-state index in [1.807, 2.05) is 0 Å². The van der Waals surface area contributed by atoms with Crippen molar-refractivity contribution in [1.82, 2.24) is 0 Å². The van der Waals surface area contributed by atoms with Gasteiger partial charge in [0.2, 0.25) is 0 Å². The third-order valence-corrected chi connectivity index (χ3v) is 3.44. The summed E-state index contributed by atoms with van der Waals surface area (Å²) in [7, 11) is 0. The summed E-state index contributed by atoms with van der Waals surface area (Å²) in [6, 6.07) is 0. The Hall–Kier alpha value is -0.810. The molecule has 3 saturated carbocycles. The van der Waals surface area contributed by atoms with Gasteiger partial charge in [-0.3, -0.25) is 9.59 Å². The van der Waals surface area contributed by atoms with E-state index in [9.17, 15) is 9.59 Å². The minimum Gasteiger partial charge on any atom is -0.481 e. The molecule has 0 aromatic heterocycles. The van der Waals surface area contributed by atoms with Crippen LogP contribution in [-0.4, -0.2) is 27.7 Å². The highest BCUT2D eigenvalue weighted by Crippen LogP contribution is 2.58. The zero-order valence-corrected chi connectivity index (χ0v) is 8.16. The summed E-state index contributed by atoms with van der Waals surface area (Å²) in [5.41, 5.74) is 4.37. The van der Waals surface area contributed by atoms with Crippen LogP contribution < -0.4 is 5.73 Å². The molecule has 3 aliphatic carbocycles. The zero-order valence-electron chi connectivity index (χ0n) is 7.34. The Morgan fingerprint density at radius 3 is 2.13 bits per heavy atom. The summed E-state index contributed by atoms with van der Waals surface area (Å²) < 4.78 is 0. The van der Waals surface area contributed by atoms with E-state index in [0.29, 0.717) is 12.8 Å². The normalized spacial score (nSPS) is 40.7. The SMILES string of the molecule is C.Cl.NC1(C(=O)O)CC2CC1C2C(=O)O. The summed E-state index contributed by atoms with van der Waals surface area (Å²) in [6.07, 6.45) is 0.962. The predicted molar refractivity (Wildman–Crippen MR) is 55.9 cm³/mol. The Balaban J connectivity index is 0.000000980. The molecule has 3 rings (SSSR count). The van der Waals surface area contributed by atoms with E-state index >= 15 is 0 Å². The Morgan fingerprint density at radius 1 is 1.33 bits per heavy atom. The molecule has 0 radical (unpaired) electrons. The van der Waals surface area contributed by atoms with Crippen molar-refractivity contribution in [2.24, 2.45) is 23.5 Å². The van der Waals surface area contributed by atoms with E-state index in [4.69, 9.17) is 15.9 Å². The van der Waals surface area contributed by atoms with Crippen LogP contribution in [-0.2, 0) is 9.59 Å². The molecule has 6 heteroatoms. The highest BCUT2D eigenvalue weighted by Gasteiger charge is 2.66. The van der Waals surface area contributed by atoms with Crippen LogP contribution in [0.4, 0.5) is 0 Å². The highest BCUT2D eigenvalue weighted by molar-refractivity contribution is 5.85. The maximum atomic E-state index is 10.8. The summed E-state index contributed by atoms with van der Waals surface area (Å²) in [6.45, 7) is 0. The van der Waals surface area contributed by atoms with Gasteiger partial charge in [-0.25, -0.2) is 0 Å². The standard InChI is InChI=1S/C8H11NO4.CH4.ClH/c9-8(7(12)13)2-3-1-4(8)5(3)6(10)11;;/h3-5H,1-2,9H2,(H,10,11)(H,12,13);1H4;1H. The average molecular weight is 238 g/mol. The number of carbonyl (C=O) groups is 2. The van der Waals surface area contributed by atoms with Gasteiger partial charge in [0.25, 0.3) is 0 Å². The summed E-state index contributed by atoms with van der Waals surface area (Å²) in [4.78, 5) is 21.5. The van der Waals surface area contributed by atoms with Gasteiger partial charge in [0, 0.05) is 5.92 Å². The van der Waals surface area contributed by atoms with Crippen LogP contribution in [0.3, 0.4) is 0 Å². The molecule has 0 aliphatic heterocycles. The number of nitrogens with two attached hydrogens (primary N) is 1. The van der Waals surface area contributed by atoms with E-state index in [2.05, 4.69) is 0 Å². The van der Waals surface area contributed by atoms with Crippen molar-refractivity contribution in [1.29, 1.82) is 0 Å². The lowest BCUT2D eigenvalue weighted by Gasteiger charge is -2.35. The van der Waals surface area contributed by atoms with E-state index in [1.54, 1.807) is 0 Å². The number of hydrogen-bond acceptors (Lipinski definition) is 3. The third kappa shape index (κ3) is 1.59. The van der Waals surface area contributed by atoms with Gasteiger partial charge in [-0.05, 0) is 18.8 Å². The molecular formula is C9H16ClNO4. The monoisotopic (exact) mass is 237 g/mol. The number of carboxylic acid groups (broad SMARTS) is 2. The number of carboxylic acids is 2. The predicted octanol–water partition coefficient (Wildman–Crippen LogP) is 0.567. The zero-order chi connectivity index (χ0) is 9.80. The van der Waals surface area contributed by atoms with Gasteiger partial charge in [0.1, 0.15) is 5.54 Å². The van der Waals surface area contributed by atoms with Crippen molar-refractivity contribution in [3.05, 3.63) is 0 Å². The molecule has 0 aromatic carbocycles. The van der Waals surface area contributed by atoms with Crippen LogP contribution in [0.1, 0.15) is 20.3 Å². The lowest BCUT2D eigenvalue weighted by atomic mass is 9.69. The lowest BCUT2D eigenvalue weighted by molar-refractivity contribution is -0.152. The van der Waals surface area contributed by atoms with Crippen molar-refractivity contribution >= 4 is 24.3 Å². The van der Waals surface area contributed by atoms with Gasteiger partial charge in [-0.15, -0.1) is 12.4 Å². The molecule has 15 heavy (non-hydrogen) atoms. The second kappa shape index (κ2) is 3.98. The molecule has 2 bridgehead atoms. The molecule has 88 valence electrons. The van der Waals surface area contributed by atoms with Gasteiger partial charge in [0.15, 0.2) is 0 Å². The molecular weight excluding hydrogens is 222 g/mol. The van der Waals surface area contributed by atoms with Crippen LogP contribution in [0.2, 0.25) is 0 Å². The molecule has 5 nitrogen and oxygen atoms in total. The molecule has 0 amide bonds. The molecule has 0 spiro atoms. The minimum absolute atomic E-state index is 0. The molecule has 3 aliphatic rings. The van der Waals surface area contributed by atoms with Crippen molar-refractivity contribution in [3.63, 3.8) is 0 Å². The fraction of sp³-hybridized carbons (Fsp3) is 0.778. The maximum absolute atomic E-state index is 10.8. The van der Waals surface area contributed by atoms with Gasteiger partial charge in [-0.2, -0.15) is 0 Å². The Morgan fingerprint density at radius 2 is 1.87 bits per heavy atom. The molecule has 4 unspecified atom stereocenters. The third-order valence-electron chi connectivity index (χ3n) is 3.44. The summed E-state index contributed by atoms with van der Waals surface area (Å²) >= 11 is 0. The van der Waals surface area contributed by atoms with Crippen molar-refractivity contribution in [2.75, 3.05) is 0 Å². The molecule has 3 fully saturated rings. The lowest BCUT2D eigenvalue weighted by Crippen LogP contribution is -2.53. The first kappa shape index (κ1) is 14.2. The second-order valence-electron chi connectivity index (χ2n) is 4.02. The van der Waals surface area contributed by atoms with Crippen LogP contribution in [0.15, 0.2) is 0 Å². The molecule has 4 atom stereocenters. The maximum Gasteiger partial charge on any atom is 0.324 e. The number of halogens is 1. The Bertz CT molecular complexity index is 296. The van der Waals surface area contributed by atoms with Crippen molar-refractivity contribution in [2.45, 2.75) is 25.8 Å². The summed E-state index contributed by atoms with van der Waals surface area (Å²) in [5.74, 6) is -2.89. The largest absolute Gasteiger partial charge is 0.481 e. The first-order valence-electron chi connectivity index (χ1n) is 4.22. The van der Waals surface area contributed by atoms with Gasteiger partial charge < -0.3 is 15.9 Å². The van der Waals surface area contributed by atoms with E-state index in [0.717, 1.165) is 0 Å². The van der Waals surface area contributed by atoms with Gasteiger partial charge in [-0.1, -0.05) is 7.43 Å². The Labute approximate surface area is 94.1 Å². The molecule has 0 aromatic rings. The molecule has 4 N–H and O–H groups in total. The van der Waals surface area contributed by atoms with Gasteiger partial charge in [0.05, 0.1) is 5.92 Å². The smallest absolute Gasteiger partial charge is 0.324 e. The van der Waals surface area contributed by atoms with Crippen LogP contribution in [0, 0.1) is 17.8 Å². The fourth-order valence-corrected chi connectivity index (χ4v) is 2.70. The quantitative estimate of drug-likeness (QED) is 0.652. The number of fused-ring (bicyclic) bond motifs is 1. The number of rotatable bonds is 2. The van der Waals surface area contributed by atoms with Gasteiger partial charge >= 0.3 is 11.9 Å². The second-order valence-corrected chi connectivity index (χ2v) is 4.02. The first-order chi connectivity index (χ1) is 5.97. The van der Waals surface area contributed by atoms with Crippen LogP contribution in [0.5, 0.6) is 0 Å². The van der Waals surface area contributed by atoms with Crippen molar-refractivity contribution < 1.29 is 19.8 Å². The highest BCUT2D eigenvalue weighted by atomic mass is 35.5. The van der Waals surface area contributed by atoms with E-state index in [-0.39, 0.29) is 31.7 Å². The average Bonchev–Trinajstić information content (AvgIpc) is 2.38.